The van der Waals surface area contributed by atoms with E-state index in [9.17, 15) is 9.90 Å². The number of esters is 1. The quantitative estimate of drug-likeness (QED) is 0.460. The molecule has 0 saturated carbocycles. The standard InChI is InChI=1S/C11H14O3.Na/c1-8(2)7-14-11(13)9-4-3-5-10(12)6-9;/h3-6,8,12H,7H2,1-2H3;/q;+1/p-1. The van der Waals surface area contributed by atoms with Crippen LogP contribution in [0.3, 0.4) is 0 Å². The van der Waals surface area contributed by atoms with Crippen LogP contribution in [0.2, 0.25) is 0 Å². The third-order valence-electron chi connectivity index (χ3n) is 1.62. The molecule has 0 unspecified atom stereocenters. The normalized spacial score (nSPS) is 9.53. The largest absolute Gasteiger partial charge is 1.00 e. The van der Waals surface area contributed by atoms with E-state index in [-0.39, 0.29) is 35.3 Å². The van der Waals surface area contributed by atoms with Crippen molar-refractivity contribution in [2.75, 3.05) is 6.61 Å². The first kappa shape index (κ1) is 14.5. The molecule has 0 heterocycles. The number of rotatable bonds is 3. The van der Waals surface area contributed by atoms with Crippen molar-refractivity contribution in [1.29, 1.82) is 0 Å². The first-order valence-corrected chi connectivity index (χ1v) is 4.54. The van der Waals surface area contributed by atoms with Crippen molar-refractivity contribution in [3.63, 3.8) is 0 Å². The van der Waals surface area contributed by atoms with Crippen LogP contribution in [-0.2, 0) is 4.74 Å². The van der Waals surface area contributed by atoms with Gasteiger partial charge in [-0.3, -0.25) is 0 Å². The van der Waals surface area contributed by atoms with Crippen LogP contribution in [0, 0.1) is 5.92 Å². The summed E-state index contributed by atoms with van der Waals surface area (Å²) >= 11 is 0. The van der Waals surface area contributed by atoms with E-state index in [1.165, 1.54) is 12.1 Å². The third-order valence-corrected chi connectivity index (χ3v) is 1.62. The molecule has 0 aliphatic heterocycles. The summed E-state index contributed by atoms with van der Waals surface area (Å²) in [5.41, 5.74) is 0.318. The molecule has 3 nitrogen and oxygen atoms in total. The fourth-order valence-electron chi connectivity index (χ4n) is 0.949. The first-order chi connectivity index (χ1) is 6.59. The summed E-state index contributed by atoms with van der Waals surface area (Å²) in [6.07, 6.45) is 0. The summed E-state index contributed by atoms with van der Waals surface area (Å²) in [5.74, 6) is -0.310. The van der Waals surface area contributed by atoms with Gasteiger partial charge in [-0.05, 0) is 12.0 Å². The molecule has 0 bridgehead atoms. The van der Waals surface area contributed by atoms with Gasteiger partial charge in [-0.1, -0.05) is 32.0 Å². The summed E-state index contributed by atoms with van der Waals surface area (Å²) in [6, 6.07) is 5.81. The van der Waals surface area contributed by atoms with E-state index < -0.39 is 5.97 Å². The first-order valence-electron chi connectivity index (χ1n) is 4.54. The van der Waals surface area contributed by atoms with Crippen LogP contribution in [0.15, 0.2) is 24.3 Å². The van der Waals surface area contributed by atoms with Crippen LogP contribution < -0.4 is 34.7 Å². The number of carbonyl (C=O) groups is 1. The van der Waals surface area contributed by atoms with Crippen molar-refractivity contribution in [2.45, 2.75) is 13.8 Å². The van der Waals surface area contributed by atoms with E-state index in [1.54, 1.807) is 12.1 Å². The Labute approximate surface area is 112 Å². The van der Waals surface area contributed by atoms with Gasteiger partial charge in [0.05, 0.1) is 12.2 Å². The van der Waals surface area contributed by atoms with Crippen LogP contribution in [0.25, 0.3) is 0 Å². The predicted octanol–water partition coefficient (Wildman–Crippen LogP) is -1.42. The van der Waals surface area contributed by atoms with Crippen molar-refractivity contribution < 1.29 is 44.2 Å². The summed E-state index contributed by atoms with van der Waals surface area (Å²) in [4.78, 5) is 11.3. The maximum Gasteiger partial charge on any atom is 1.00 e. The molecule has 0 N–H and O–H groups in total. The third kappa shape index (κ3) is 5.21. The second-order valence-corrected chi connectivity index (χ2v) is 3.52. The van der Waals surface area contributed by atoms with Gasteiger partial charge in [-0.2, -0.15) is 0 Å². The molecular weight excluding hydrogens is 203 g/mol. The molecular formula is C11H13NaO3. The average Bonchev–Trinajstić information content (AvgIpc) is 2.14. The van der Waals surface area contributed by atoms with E-state index >= 15 is 0 Å². The van der Waals surface area contributed by atoms with E-state index in [1.807, 2.05) is 13.8 Å². The van der Waals surface area contributed by atoms with Gasteiger partial charge in [0, 0.05) is 0 Å². The van der Waals surface area contributed by atoms with Gasteiger partial charge >= 0.3 is 35.5 Å². The summed E-state index contributed by atoms with van der Waals surface area (Å²) in [6.45, 7) is 4.29. The molecule has 0 saturated heterocycles. The van der Waals surface area contributed by atoms with E-state index in [4.69, 9.17) is 4.74 Å². The van der Waals surface area contributed by atoms with E-state index in [0.29, 0.717) is 18.1 Å². The van der Waals surface area contributed by atoms with Gasteiger partial charge in [0.2, 0.25) is 0 Å². The Balaban J connectivity index is 0.00000196. The van der Waals surface area contributed by atoms with Gasteiger partial charge in [0.1, 0.15) is 0 Å². The number of ether oxygens (including phenoxy) is 1. The maximum atomic E-state index is 11.3. The average molecular weight is 216 g/mol. The SMILES string of the molecule is CC(C)COC(=O)c1cccc([O-])c1.[Na+]. The fraction of sp³-hybridized carbons (Fsp3) is 0.364. The number of carbonyl (C=O) groups excluding carboxylic acids is 1. The molecule has 0 aliphatic rings. The zero-order valence-corrected chi connectivity index (χ0v) is 11.3. The minimum Gasteiger partial charge on any atom is -0.872 e. The Morgan fingerprint density at radius 1 is 1.47 bits per heavy atom. The molecule has 1 rings (SSSR count). The zero-order chi connectivity index (χ0) is 10.6. The monoisotopic (exact) mass is 216 g/mol. The molecule has 76 valence electrons. The molecule has 15 heavy (non-hydrogen) atoms. The smallest absolute Gasteiger partial charge is 0.872 e. The van der Waals surface area contributed by atoms with E-state index in [2.05, 4.69) is 0 Å². The molecule has 0 radical (unpaired) electrons. The molecule has 0 amide bonds. The number of hydrogen-bond acceptors (Lipinski definition) is 3. The van der Waals surface area contributed by atoms with Crippen molar-refractivity contribution in [3.8, 4) is 5.75 Å². The fourth-order valence-corrected chi connectivity index (χ4v) is 0.949. The summed E-state index contributed by atoms with van der Waals surface area (Å²) < 4.78 is 4.97. The van der Waals surface area contributed by atoms with Crippen molar-refractivity contribution in [1.82, 2.24) is 0 Å². The Morgan fingerprint density at radius 2 is 2.13 bits per heavy atom. The topological polar surface area (TPSA) is 49.4 Å². The Hall–Kier alpha value is -0.510. The van der Waals surface area contributed by atoms with Crippen molar-refractivity contribution in [3.05, 3.63) is 29.8 Å². The molecule has 4 heteroatoms. The van der Waals surface area contributed by atoms with Crippen LogP contribution in [0.5, 0.6) is 5.75 Å². The van der Waals surface area contributed by atoms with Crippen LogP contribution in [-0.4, -0.2) is 12.6 Å². The predicted molar refractivity (Wildman–Crippen MR) is 51.0 cm³/mol. The van der Waals surface area contributed by atoms with Crippen molar-refractivity contribution >= 4 is 5.97 Å². The Kier molecular flexibility index (Phi) is 6.65. The molecule has 0 fully saturated rings. The van der Waals surface area contributed by atoms with Gasteiger partial charge in [0.15, 0.2) is 0 Å². The van der Waals surface area contributed by atoms with E-state index in [0.717, 1.165) is 0 Å². The Morgan fingerprint density at radius 3 is 2.67 bits per heavy atom. The molecule has 1 aromatic carbocycles. The molecule has 0 aliphatic carbocycles. The molecule has 0 spiro atoms. The van der Waals surface area contributed by atoms with Gasteiger partial charge in [-0.25, -0.2) is 4.79 Å². The maximum absolute atomic E-state index is 11.3. The van der Waals surface area contributed by atoms with Crippen molar-refractivity contribution in [2.24, 2.45) is 5.92 Å². The molecule has 1 aromatic rings. The van der Waals surface area contributed by atoms with Gasteiger partial charge in [-0.15, -0.1) is 5.75 Å². The zero-order valence-electron chi connectivity index (χ0n) is 9.32. The van der Waals surface area contributed by atoms with Crippen LogP contribution in [0.4, 0.5) is 0 Å². The van der Waals surface area contributed by atoms with Crippen LogP contribution >= 0.6 is 0 Å². The molecule has 0 atom stereocenters. The summed E-state index contributed by atoms with van der Waals surface area (Å²) in [7, 11) is 0. The van der Waals surface area contributed by atoms with Gasteiger partial charge in [0.25, 0.3) is 0 Å². The number of hydrogen-bond donors (Lipinski definition) is 0. The number of benzene rings is 1. The van der Waals surface area contributed by atoms with Crippen LogP contribution in [0.1, 0.15) is 24.2 Å². The second-order valence-electron chi connectivity index (χ2n) is 3.52. The minimum absolute atomic E-state index is 0. The Bertz CT molecular complexity index is 323. The van der Waals surface area contributed by atoms with Gasteiger partial charge < -0.3 is 9.84 Å². The molecule has 0 aromatic heterocycles. The second kappa shape index (κ2) is 6.88. The minimum atomic E-state index is -0.434. The summed E-state index contributed by atoms with van der Waals surface area (Å²) in [5, 5.41) is 10.9.